The van der Waals surface area contributed by atoms with Crippen molar-refractivity contribution < 1.29 is 4.74 Å². The van der Waals surface area contributed by atoms with Gasteiger partial charge in [-0.1, -0.05) is 6.07 Å². The fraction of sp³-hybridized carbons (Fsp3) is 0.357. The van der Waals surface area contributed by atoms with Crippen LogP contribution >= 0.6 is 0 Å². The molecule has 0 amide bonds. The lowest BCUT2D eigenvalue weighted by Gasteiger charge is -2.26. The zero-order valence-corrected chi connectivity index (χ0v) is 11.3. The number of rotatable bonds is 4. The van der Waals surface area contributed by atoms with Gasteiger partial charge in [0, 0.05) is 18.7 Å². The molecule has 1 N–H and O–H groups in total. The third-order valence-electron chi connectivity index (χ3n) is 3.14. The van der Waals surface area contributed by atoms with E-state index in [9.17, 15) is 0 Å². The predicted octanol–water partition coefficient (Wildman–Crippen LogP) is 2.93. The number of methoxy groups -OCH3 is 1. The first kappa shape index (κ1) is 12.5. The molecule has 4 heteroatoms. The molecule has 0 radical (unpaired) electrons. The molecular formula is C14H19N3O. The lowest BCUT2D eigenvalue weighted by Crippen LogP contribution is -2.26. The quantitative estimate of drug-likeness (QED) is 0.900. The number of nitrogens with zero attached hydrogens (tertiary/aromatic N) is 2. The van der Waals surface area contributed by atoms with E-state index < -0.39 is 0 Å². The number of nitrogens with one attached hydrogen (secondary N) is 1. The van der Waals surface area contributed by atoms with Gasteiger partial charge < -0.3 is 14.6 Å². The van der Waals surface area contributed by atoms with Crippen LogP contribution in [0.4, 0.5) is 5.69 Å². The van der Waals surface area contributed by atoms with E-state index in [1.165, 1.54) is 0 Å². The van der Waals surface area contributed by atoms with Gasteiger partial charge in [-0.05, 0) is 26.0 Å². The SMILES string of the molecule is COc1c(-c2cnc[nH]2)cccc1N(C)C(C)C. The fourth-order valence-electron chi connectivity index (χ4n) is 1.91. The molecule has 1 aromatic heterocycles. The van der Waals surface area contributed by atoms with Crippen LogP contribution in [0.15, 0.2) is 30.7 Å². The predicted molar refractivity (Wildman–Crippen MR) is 74.1 cm³/mol. The van der Waals surface area contributed by atoms with E-state index in [1.807, 2.05) is 12.1 Å². The summed E-state index contributed by atoms with van der Waals surface area (Å²) in [5, 5.41) is 0. The summed E-state index contributed by atoms with van der Waals surface area (Å²) >= 11 is 0. The van der Waals surface area contributed by atoms with Crippen molar-refractivity contribution >= 4 is 5.69 Å². The summed E-state index contributed by atoms with van der Waals surface area (Å²) in [6, 6.07) is 6.55. The first-order valence-corrected chi connectivity index (χ1v) is 6.03. The minimum atomic E-state index is 0.413. The van der Waals surface area contributed by atoms with Crippen molar-refractivity contribution in [2.45, 2.75) is 19.9 Å². The highest BCUT2D eigenvalue weighted by Gasteiger charge is 2.15. The molecule has 0 spiro atoms. The van der Waals surface area contributed by atoms with Crippen molar-refractivity contribution in [3.8, 4) is 17.0 Å². The van der Waals surface area contributed by atoms with Crippen LogP contribution in [-0.2, 0) is 0 Å². The molecule has 0 saturated carbocycles. The Kier molecular flexibility index (Phi) is 3.55. The van der Waals surface area contributed by atoms with Gasteiger partial charge in [0.2, 0.25) is 0 Å². The van der Waals surface area contributed by atoms with Gasteiger partial charge in [0.1, 0.15) is 0 Å². The highest BCUT2D eigenvalue weighted by Crippen LogP contribution is 2.37. The Morgan fingerprint density at radius 2 is 2.11 bits per heavy atom. The molecule has 0 aliphatic rings. The highest BCUT2D eigenvalue weighted by atomic mass is 16.5. The van der Waals surface area contributed by atoms with Crippen LogP contribution in [0.25, 0.3) is 11.3 Å². The van der Waals surface area contributed by atoms with E-state index in [2.05, 4.69) is 41.8 Å². The van der Waals surface area contributed by atoms with E-state index in [1.54, 1.807) is 19.6 Å². The van der Waals surface area contributed by atoms with Crippen molar-refractivity contribution in [1.82, 2.24) is 9.97 Å². The molecule has 0 aliphatic carbocycles. The maximum absolute atomic E-state index is 5.58. The monoisotopic (exact) mass is 245 g/mol. The fourth-order valence-corrected chi connectivity index (χ4v) is 1.91. The Morgan fingerprint density at radius 3 is 2.67 bits per heavy atom. The van der Waals surface area contributed by atoms with Gasteiger partial charge in [-0.3, -0.25) is 0 Å². The standard InChI is InChI=1S/C14H19N3O/c1-10(2)17(3)13-7-5-6-11(14(13)18-4)12-8-15-9-16-12/h5-10H,1-4H3,(H,15,16). The molecule has 0 unspecified atom stereocenters. The van der Waals surface area contributed by atoms with E-state index in [0.29, 0.717) is 6.04 Å². The molecule has 96 valence electrons. The number of aromatic nitrogens is 2. The van der Waals surface area contributed by atoms with Gasteiger partial charge in [0.05, 0.1) is 31.0 Å². The van der Waals surface area contributed by atoms with Gasteiger partial charge in [-0.2, -0.15) is 0 Å². The van der Waals surface area contributed by atoms with E-state index >= 15 is 0 Å². The molecule has 0 fully saturated rings. The Balaban J connectivity index is 2.53. The summed E-state index contributed by atoms with van der Waals surface area (Å²) in [5.74, 6) is 0.873. The number of H-pyrrole nitrogens is 1. The van der Waals surface area contributed by atoms with Gasteiger partial charge in [-0.25, -0.2) is 4.98 Å². The van der Waals surface area contributed by atoms with Crippen molar-refractivity contribution in [2.24, 2.45) is 0 Å². The third kappa shape index (κ3) is 2.18. The summed E-state index contributed by atoms with van der Waals surface area (Å²) < 4.78 is 5.58. The van der Waals surface area contributed by atoms with Crippen LogP contribution in [0.5, 0.6) is 5.75 Å². The maximum atomic E-state index is 5.58. The van der Waals surface area contributed by atoms with Gasteiger partial charge in [0.25, 0.3) is 0 Å². The Labute approximate surface area is 108 Å². The second-order valence-corrected chi connectivity index (χ2v) is 4.53. The van der Waals surface area contributed by atoms with Crippen molar-refractivity contribution in [2.75, 3.05) is 19.1 Å². The molecule has 0 bridgehead atoms. The average molecular weight is 245 g/mol. The Hall–Kier alpha value is -1.97. The van der Waals surface area contributed by atoms with Crippen LogP contribution < -0.4 is 9.64 Å². The van der Waals surface area contributed by atoms with Gasteiger partial charge in [0.15, 0.2) is 5.75 Å². The second kappa shape index (κ2) is 5.12. The number of imidazole rings is 1. The van der Waals surface area contributed by atoms with Gasteiger partial charge in [-0.15, -0.1) is 0 Å². The van der Waals surface area contributed by atoms with Gasteiger partial charge >= 0.3 is 0 Å². The van der Waals surface area contributed by atoms with Crippen molar-refractivity contribution in [1.29, 1.82) is 0 Å². The lowest BCUT2D eigenvalue weighted by atomic mass is 10.1. The number of para-hydroxylation sites is 1. The molecule has 1 aromatic carbocycles. The first-order chi connectivity index (χ1) is 8.65. The van der Waals surface area contributed by atoms with Crippen LogP contribution in [0.1, 0.15) is 13.8 Å². The van der Waals surface area contributed by atoms with E-state index in [0.717, 1.165) is 22.7 Å². The lowest BCUT2D eigenvalue weighted by molar-refractivity contribution is 0.415. The average Bonchev–Trinajstić information content (AvgIpc) is 2.90. The van der Waals surface area contributed by atoms with Crippen molar-refractivity contribution in [3.63, 3.8) is 0 Å². The van der Waals surface area contributed by atoms with E-state index in [-0.39, 0.29) is 0 Å². The second-order valence-electron chi connectivity index (χ2n) is 4.53. The smallest absolute Gasteiger partial charge is 0.151 e. The summed E-state index contributed by atoms with van der Waals surface area (Å²) in [6.45, 7) is 4.31. The Morgan fingerprint density at radius 1 is 1.33 bits per heavy atom. The van der Waals surface area contributed by atoms with Crippen LogP contribution in [0, 0.1) is 0 Å². The van der Waals surface area contributed by atoms with Crippen molar-refractivity contribution in [3.05, 3.63) is 30.7 Å². The molecular weight excluding hydrogens is 226 g/mol. The number of ether oxygens (including phenoxy) is 1. The largest absolute Gasteiger partial charge is 0.494 e. The number of benzene rings is 1. The molecule has 1 heterocycles. The highest BCUT2D eigenvalue weighted by molar-refractivity contribution is 5.76. The number of aromatic amines is 1. The molecule has 18 heavy (non-hydrogen) atoms. The third-order valence-corrected chi connectivity index (χ3v) is 3.14. The molecule has 0 atom stereocenters. The summed E-state index contributed by atoms with van der Waals surface area (Å²) in [5.41, 5.74) is 3.07. The molecule has 2 rings (SSSR count). The first-order valence-electron chi connectivity index (χ1n) is 6.03. The molecule has 2 aromatic rings. The minimum Gasteiger partial charge on any atom is -0.494 e. The van der Waals surface area contributed by atoms with Crippen LogP contribution in [-0.4, -0.2) is 30.2 Å². The maximum Gasteiger partial charge on any atom is 0.151 e. The number of anilines is 1. The summed E-state index contributed by atoms with van der Waals surface area (Å²) in [6.07, 6.45) is 3.48. The van der Waals surface area contributed by atoms with Crippen LogP contribution in [0.2, 0.25) is 0 Å². The molecule has 0 saturated heterocycles. The van der Waals surface area contributed by atoms with E-state index in [4.69, 9.17) is 4.74 Å². The topological polar surface area (TPSA) is 41.1 Å². The number of hydrogen-bond donors (Lipinski definition) is 1. The normalized spacial score (nSPS) is 10.7. The zero-order valence-electron chi connectivity index (χ0n) is 11.3. The zero-order chi connectivity index (χ0) is 13.1. The van der Waals surface area contributed by atoms with Crippen LogP contribution in [0.3, 0.4) is 0 Å². The summed E-state index contributed by atoms with van der Waals surface area (Å²) in [7, 11) is 3.77. The number of hydrogen-bond acceptors (Lipinski definition) is 3. The Bertz CT molecular complexity index is 506. The summed E-state index contributed by atoms with van der Waals surface area (Å²) in [4.78, 5) is 9.37. The molecule has 0 aliphatic heterocycles. The minimum absolute atomic E-state index is 0.413. The molecule has 4 nitrogen and oxygen atoms in total.